The summed E-state index contributed by atoms with van der Waals surface area (Å²) in [4.78, 5) is 12.9. The summed E-state index contributed by atoms with van der Waals surface area (Å²) < 4.78 is 15.7. The minimum absolute atomic E-state index is 0.195. The number of H-pyrrole nitrogens is 1. The number of rotatable bonds is 4. The van der Waals surface area contributed by atoms with E-state index in [1.165, 1.54) is 11.6 Å². The van der Waals surface area contributed by atoms with E-state index in [1.807, 2.05) is 23.1 Å². The van der Waals surface area contributed by atoms with Crippen molar-refractivity contribution >= 4 is 21.9 Å². The highest BCUT2D eigenvalue weighted by Crippen LogP contribution is 2.43. The van der Waals surface area contributed by atoms with Crippen molar-refractivity contribution in [3.63, 3.8) is 0 Å². The molecule has 1 N–H and O–H groups in total. The number of nitrogens with zero attached hydrogens (tertiary/aromatic N) is 4. The Morgan fingerprint density at radius 2 is 1.85 bits per heavy atom. The minimum atomic E-state index is -0.195. The van der Waals surface area contributed by atoms with Crippen molar-refractivity contribution in [1.29, 1.82) is 0 Å². The number of nitrogens with one attached hydrogen (secondary N) is 1. The van der Waals surface area contributed by atoms with Crippen molar-refractivity contribution in [2.45, 2.75) is 44.4 Å². The summed E-state index contributed by atoms with van der Waals surface area (Å²) in [5.41, 5.74) is 5.18. The van der Waals surface area contributed by atoms with Gasteiger partial charge in [-0.05, 0) is 91.6 Å². The maximum Gasteiger partial charge on any atom is 0.123 e. The lowest BCUT2D eigenvalue weighted by molar-refractivity contribution is 0.286. The van der Waals surface area contributed by atoms with Crippen LogP contribution in [0.3, 0.4) is 0 Å². The van der Waals surface area contributed by atoms with Gasteiger partial charge in [0, 0.05) is 29.9 Å². The SMILES string of the molecule is CC(c1nc2ccc(-n3cccn3)cc2[nH]1)C1CCC(c2ccnc3ccc(F)cc23)CC1. The summed E-state index contributed by atoms with van der Waals surface area (Å²) >= 11 is 0. The zero-order chi connectivity index (χ0) is 22.4. The molecule has 5 aromatic rings. The Labute approximate surface area is 191 Å². The topological polar surface area (TPSA) is 59.4 Å². The summed E-state index contributed by atoms with van der Waals surface area (Å²) in [6.07, 6.45) is 10.1. The molecule has 2 aromatic carbocycles. The molecule has 1 aliphatic rings. The van der Waals surface area contributed by atoms with Gasteiger partial charge in [-0.1, -0.05) is 6.92 Å². The third-order valence-electron chi connectivity index (χ3n) is 7.34. The van der Waals surface area contributed by atoms with E-state index < -0.39 is 0 Å². The van der Waals surface area contributed by atoms with E-state index in [1.54, 1.807) is 18.3 Å². The number of pyridine rings is 1. The zero-order valence-electron chi connectivity index (χ0n) is 18.6. The van der Waals surface area contributed by atoms with E-state index in [2.05, 4.69) is 46.3 Å². The molecule has 3 aromatic heterocycles. The second kappa shape index (κ2) is 8.10. The second-order valence-corrected chi connectivity index (χ2v) is 9.24. The zero-order valence-corrected chi connectivity index (χ0v) is 18.6. The van der Waals surface area contributed by atoms with Gasteiger partial charge in [-0.25, -0.2) is 14.1 Å². The van der Waals surface area contributed by atoms with Crippen LogP contribution in [0.2, 0.25) is 0 Å². The average Bonchev–Trinajstić information content (AvgIpc) is 3.53. The molecule has 33 heavy (non-hydrogen) atoms. The summed E-state index contributed by atoms with van der Waals surface area (Å²) in [5, 5.41) is 5.28. The molecule has 166 valence electrons. The highest BCUT2D eigenvalue weighted by Gasteiger charge is 2.29. The lowest BCUT2D eigenvalue weighted by Gasteiger charge is -2.32. The van der Waals surface area contributed by atoms with Crippen LogP contribution in [0.5, 0.6) is 0 Å². The molecule has 1 aliphatic carbocycles. The molecule has 0 radical (unpaired) electrons. The average molecular weight is 440 g/mol. The van der Waals surface area contributed by atoms with E-state index >= 15 is 0 Å². The van der Waals surface area contributed by atoms with Crippen molar-refractivity contribution in [2.24, 2.45) is 5.92 Å². The molecule has 1 fully saturated rings. The van der Waals surface area contributed by atoms with Gasteiger partial charge in [-0.2, -0.15) is 5.10 Å². The van der Waals surface area contributed by atoms with Gasteiger partial charge in [-0.15, -0.1) is 0 Å². The van der Waals surface area contributed by atoms with Crippen LogP contribution in [0.25, 0.3) is 27.6 Å². The second-order valence-electron chi connectivity index (χ2n) is 9.24. The molecule has 1 atom stereocenters. The normalized spacial score (nSPS) is 19.8. The Morgan fingerprint density at radius 3 is 2.67 bits per heavy atom. The van der Waals surface area contributed by atoms with Crippen molar-refractivity contribution in [3.05, 3.63) is 84.3 Å². The van der Waals surface area contributed by atoms with Crippen LogP contribution in [0.4, 0.5) is 4.39 Å². The Kier molecular flexibility index (Phi) is 4.93. The van der Waals surface area contributed by atoms with Crippen molar-refractivity contribution in [2.75, 3.05) is 0 Å². The van der Waals surface area contributed by atoms with Crippen LogP contribution in [0, 0.1) is 11.7 Å². The molecule has 6 heteroatoms. The van der Waals surface area contributed by atoms with Crippen LogP contribution >= 0.6 is 0 Å². The van der Waals surface area contributed by atoms with Crippen molar-refractivity contribution in [3.8, 4) is 5.69 Å². The third-order valence-corrected chi connectivity index (χ3v) is 7.34. The first-order valence-corrected chi connectivity index (χ1v) is 11.7. The number of hydrogen-bond acceptors (Lipinski definition) is 3. The smallest absolute Gasteiger partial charge is 0.123 e. The van der Waals surface area contributed by atoms with Gasteiger partial charge in [0.05, 0.1) is 22.2 Å². The Hall–Kier alpha value is -3.54. The van der Waals surface area contributed by atoms with Crippen molar-refractivity contribution < 1.29 is 4.39 Å². The molecule has 6 rings (SSSR count). The van der Waals surface area contributed by atoms with Gasteiger partial charge in [0.1, 0.15) is 11.6 Å². The van der Waals surface area contributed by atoms with Gasteiger partial charge >= 0.3 is 0 Å². The molecule has 3 heterocycles. The first-order chi connectivity index (χ1) is 16.2. The number of benzene rings is 2. The lowest BCUT2D eigenvalue weighted by atomic mass is 9.73. The summed E-state index contributed by atoms with van der Waals surface area (Å²) in [6.45, 7) is 2.29. The van der Waals surface area contributed by atoms with Crippen LogP contribution in [-0.2, 0) is 0 Å². The number of hydrogen-bond donors (Lipinski definition) is 1. The van der Waals surface area contributed by atoms with Crippen LogP contribution in [0.15, 0.2) is 67.1 Å². The number of imidazole rings is 1. The summed E-state index contributed by atoms with van der Waals surface area (Å²) in [6, 6.07) is 15.1. The molecule has 1 unspecified atom stereocenters. The monoisotopic (exact) mass is 439 g/mol. The van der Waals surface area contributed by atoms with Crippen LogP contribution in [-0.4, -0.2) is 24.7 Å². The summed E-state index contributed by atoms with van der Waals surface area (Å²) in [5.74, 6) is 2.26. The molecule has 0 aliphatic heterocycles. The van der Waals surface area contributed by atoms with E-state index in [-0.39, 0.29) is 5.82 Å². The molecule has 0 saturated heterocycles. The molecule has 0 bridgehead atoms. The first-order valence-electron chi connectivity index (χ1n) is 11.7. The molecule has 5 nitrogen and oxygen atoms in total. The fourth-order valence-corrected chi connectivity index (χ4v) is 5.45. The van der Waals surface area contributed by atoms with E-state index in [0.29, 0.717) is 17.8 Å². The standard InChI is InChI=1S/C27H26FN5/c1-17(27-31-25-10-8-21(16-26(25)32-27)33-14-2-12-30-33)18-3-5-19(6-4-18)22-11-13-29-24-9-7-20(28)15-23(22)24/h2,7-19H,3-6H2,1H3,(H,31,32). The van der Waals surface area contributed by atoms with E-state index in [4.69, 9.17) is 4.98 Å². The van der Waals surface area contributed by atoms with Crippen LogP contribution in [0.1, 0.15) is 55.8 Å². The maximum absolute atomic E-state index is 13.9. The maximum atomic E-state index is 13.9. The summed E-state index contributed by atoms with van der Waals surface area (Å²) in [7, 11) is 0. The number of fused-ring (bicyclic) bond motifs is 2. The quantitative estimate of drug-likeness (QED) is 0.347. The van der Waals surface area contributed by atoms with Gasteiger partial charge in [0.25, 0.3) is 0 Å². The Balaban J connectivity index is 1.20. The van der Waals surface area contributed by atoms with E-state index in [0.717, 1.165) is 59.1 Å². The van der Waals surface area contributed by atoms with Crippen LogP contribution < -0.4 is 0 Å². The first kappa shape index (κ1) is 20.1. The fraction of sp³-hybridized carbons (Fsp3) is 0.296. The Bertz CT molecular complexity index is 1410. The van der Waals surface area contributed by atoms with Crippen molar-refractivity contribution in [1.82, 2.24) is 24.7 Å². The van der Waals surface area contributed by atoms with Gasteiger partial charge in [0.2, 0.25) is 0 Å². The van der Waals surface area contributed by atoms with Gasteiger partial charge in [-0.3, -0.25) is 4.98 Å². The molecule has 0 spiro atoms. The number of aromatic nitrogens is 5. The molecule has 1 saturated carbocycles. The van der Waals surface area contributed by atoms with Gasteiger partial charge < -0.3 is 4.98 Å². The Morgan fingerprint density at radius 1 is 1.00 bits per heavy atom. The molecule has 0 amide bonds. The number of halogens is 1. The number of aromatic amines is 1. The highest BCUT2D eigenvalue weighted by molar-refractivity contribution is 5.82. The highest BCUT2D eigenvalue weighted by atomic mass is 19.1. The lowest BCUT2D eigenvalue weighted by Crippen LogP contribution is -2.19. The minimum Gasteiger partial charge on any atom is -0.342 e. The third kappa shape index (κ3) is 3.69. The fourth-order valence-electron chi connectivity index (χ4n) is 5.45. The molecular formula is C27H26FN5. The van der Waals surface area contributed by atoms with E-state index in [9.17, 15) is 4.39 Å². The molecular weight excluding hydrogens is 413 g/mol. The van der Waals surface area contributed by atoms with Gasteiger partial charge in [0.15, 0.2) is 0 Å². The predicted molar refractivity (Wildman–Crippen MR) is 128 cm³/mol. The predicted octanol–water partition coefficient (Wildman–Crippen LogP) is 6.51. The largest absolute Gasteiger partial charge is 0.342 e.